The lowest BCUT2D eigenvalue weighted by Crippen LogP contribution is -2.51. The third-order valence-corrected chi connectivity index (χ3v) is 7.12. The highest BCUT2D eigenvalue weighted by Gasteiger charge is 2.25. The Hall–Kier alpha value is -4.15. The van der Waals surface area contributed by atoms with E-state index in [1.165, 1.54) is 4.90 Å². The van der Waals surface area contributed by atoms with Gasteiger partial charge in [0.1, 0.15) is 23.4 Å². The van der Waals surface area contributed by atoms with Gasteiger partial charge in [0.05, 0.1) is 18.8 Å². The van der Waals surface area contributed by atoms with Crippen LogP contribution in [0.1, 0.15) is 50.1 Å². The number of amides is 3. The highest BCUT2D eigenvalue weighted by atomic mass is 16.5. The summed E-state index contributed by atoms with van der Waals surface area (Å²) in [7, 11) is 0. The Bertz CT molecular complexity index is 1330. The lowest BCUT2D eigenvalue weighted by molar-refractivity contribution is -0.137. The SMILES string of the molecule is Cc1noc(C)c1CCC(=O)N1CCCOc2cccc(c2)-c2nccn2CCNC(=O)[C@@H](CC(C)C)NC(=O)C1. The van der Waals surface area contributed by atoms with Gasteiger partial charge in [0.15, 0.2) is 0 Å². The molecule has 3 amide bonds. The number of aromatic nitrogens is 3. The van der Waals surface area contributed by atoms with Crippen molar-refractivity contribution >= 4 is 17.7 Å². The summed E-state index contributed by atoms with van der Waals surface area (Å²) in [6, 6.07) is 6.98. The zero-order chi connectivity index (χ0) is 29.4. The average Bonchev–Trinajstić information content (AvgIpc) is 3.53. The third-order valence-electron chi connectivity index (χ3n) is 7.12. The number of hydrogen-bond donors (Lipinski definition) is 2. The van der Waals surface area contributed by atoms with Crippen molar-refractivity contribution in [2.45, 2.75) is 66.0 Å². The maximum Gasteiger partial charge on any atom is 0.242 e. The van der Waals surface area contributed by atoms with Crippen LogP contribution in [0, 0.1) is 19.8 Å². The van der Waals surface area contributed by atoms with Crippen LogP contribution in [-0.4, -0.2) is 69.6 Å². The highest BCUT2D eigenvalue weighted by molar-refractivity contribution is 5.90. The van der Waals surface area contributed by atoms with Crippen molar-refractivity contribution in [1.29, 1.82) is 0 Å². The molecule has 1 aliphatic heterocycles. The van der Waals surface area contributed by atoms with Crippen LogP contribution in [0.2, 0.25) is 0 Å². The maximum absolute atomic E-state index is 13.3. The van der Waals surface area contributed by atoms with E-state index < -0.39 is 6.04 Å². The quantitative estimate of drug-likeness (QED) is 0.487. The van der Waals surface area contributed by atoms with Crippen molar-refractivity contribution in [1.82, 2.24) is 30.2 Å². The summed E-state index contributed by atoms with van der Waals surface area (Å²) in [5, 5.41) is 9.80. The monoisotopic (exact) mass is 564 g/mol. The summed E-state index contributed by atoms with van der Waals surface area (Å²) in [5.74, 6) is 1.55. The van der Waals surface area contributed by atoms with Gasteiger partial charge in [-0.2, -0.15) is 0 Å². The smallest absolute Gasteiger partial charge is 0.242 e. The molecular formula is C30H40N6O5. The summed E-state index contributed by atoms with van der Waals surface area (Å²) in [6.45, 7) is 9.12. The van der Waals surface area contributed by atoms with E-state index in [-0.39, 0.29) is 36.6 Å². The van der Waals surface area contributed by atoms with Gasteiger partial charge in [0.25, 0.3) is 0 Å². The number of nitrogens with zero attached hydrogens (tertiary/aromatic N) is 4. The Labute approximate surface area is 240 Å². The van der Waals surface area contributed by atoms with Gasteiger partial charge in [-0.3, -0.25) is 14.4 Å². The molecule has 220 valence electrons. The second kappa shape index (κ2) is 14.0. The lowest BCUT2D eigenvalue weighted by atomic mass is 10.0. The molecule has 1 atom stereocenters. The molecule has 2 bridgehead atoms. The molecule has 2 aromatic heterocycles. The van der Waals surface area contributed by atoms with Crippen molar-refractivity contribution in [3.63, 3.8) is 0 Å². The molecule has 0 aliphatic carbocycles. The predicted molar refractivity (Wildman–Crippen MR) is 153 cm³/mol. The van der Waals surface area contributed by atoms with Gasteiger partial charge in [-0.05, 0) is 51.2 Å². The summed E-state index contributed by atoms with van der Waals surface area (Å²) in [5.41, 5.74) is 2.57. The van der Waals surface area contributed by atoms with Crippen LogP contribution < -0.4 is 15.4 Å². The average molecular weight is 565 g/mol. The van der Waals surface area contributed by atoms with Crippen LogP contribution in [-0.2, 0) is 27.3 Å². The molecule has 11 heteroatoms. The van der Waals surface area contributed by atoms with Gasteiger partial charge >= 0.3 is 0 Å². The summed E-state index contributed by atoms with van der Waals surface area (Å²) in [6.07, 6.45) is 5.29. The van der Waals surface area contributed by atoms with Crippen LogP contribution in [0.4, 0.5) is 0 Å². The molecule has 3 heterocycles. The van der Waals surface area contributed by atoms with E-state index in [9.17, 15) is 14.4 Å². The van der Waals surface area contributed by atoms with Gasteiger partial charge in [0, 0.05) is 49.6 Å². The molecule has 0 unspecified atom stereocenters. The van der Waals surface area contributed by atoms with Crippen LogP contribution in [0.5, 0.6) is 5.75 Å². The summed E-state index contributed by atoms with van der Waals surface area (Å²) < 4.78 is 13.2. The van der Waals surface area contributed by atoms with Crippen molar-refractivity contribution < 1.29 is 23.6 Å². The Morgan fingerprint density at radius 2 is 2.02 bits per heavy atom. The second-order valence-corrected chi connectivity index (χ2v) is 10.8. The number of carbonyl (C=O) groups is 3. The normalized spacial score (nSPS) is 17.2. The third kappa shape index (κ3) is 8.18. The molecule has 1 aromatic carbocycles. The minimum atomic E-state index is -0.706. The first-order chi connectivity index (χ1) is 19.7. The Balaban J connectivity index is 1.53. The molecule has 11 nitrogen and oxygen atoms in total. The van der Waals surface area contributed by atoms with Crippen LogP contribution in [0.3, 0.4) is 0 Å². The number of fused-ring (bicyclic) bond motifs is 4. The van der Waals surface area contributed by atoms with Gasteiger partial charge in [-0.25, -0.2) is 4.98 Å². The largest absolute Gasteiger partial charge is 0.494 e. The predicted octanol–water partition coefficient (Wildman–Crippen LogP) is 3.05. The molecule has 0 saturated heterocycles. The highest BCUT2D eigenvalue weighted by Crippen LogP contribution is 2.23. The van der Waals surface area contributed by atoms with E-state index in [1.54, 1.807) is 6.20 Å². The molecule has 0 fully saturated rings. The number of hydrogen-bond acceptors (Lipinski definition) is 7. The molecule has 41 heavy (non-hydrogen) atoms. The van der Waals surface area contributed by atoms with Gasteiger partial charge in [-0.15, -0.1) is 0 Å². The van der Waals surface area contributed by atoms with Gasteiger partial charge in [-0.1, -0.05) is 31.1 Å². The van der Waals surface area contributed by atoms with Crippen LogP contribution in [0.15, 0.2) is 41.2 Å². The van der Waals surface area contributed by atoms with Gasteiger partial charge in [0.2, 0.25) is 17.7 Å². The standard InChI is InChI=1S/C30H40N6O5/c1-20(2)17-26-30(39)32-12-15-35-14-11-31-29(35)23-7-5-8-24(18-23)40-16-6-13-36(19-27(37)33-26)28(38)10-9-25-21(3)34-41-22(25)4/h5,7-8,11,14,18,20,26H,6,9-10,12-13,15-17,19H2,1-4H3,(H,32,39)(H,33,37)/t26-/m1/s1. The number of carbonyl (C=O) groups excluding carboxylic acids is 3. The molecule has 0 radical (unpaired) electrons. The van der Waals surface area contributed by atoms with Gasteiger partial charge < -0.3 is 29.4 Å². The zero-order valence-corrected chi connectivity index (χ0v) is 24.3. The number of benzene rings is 1. The number of ether oxygens (including phenoxy) is 1. The topological polar surface area (TPSA) is 132 Å². The summed E-state index contributed by atoms with van der Waals surface area (Å²) in [4.78, 5) is 45.6. The molecule has 4 rings (SSSR count). The van der Waals surface area contributed by atoms with E-state index >= 15 is 0 Å². The van der Waals surface area contributed by atoms with E-state index in [0.717, 1.165) is 22.6 Å². The lowest BCUT2D eigenvalue weighted by Gasteiger charge is -2.25. The van der Waals surface area contributed by atoms with Crippen molar-refractivity contribution in [2.24, 2.45) is 5.92 Å². The minimum Gasteiger partial charge on any atom is -0.494 e. The summed E-state index contributed by atoms with van der Waals surface area (Å²) >= 11 is 0. The Morgan fingerprint density at radius 1 is 1.20 bits per heavy atom. The maximum atomic E-state index is 13.3. The van der Waals surface area contributed by atoms with Crippen molar-refractivity contribution in [3.8, 4) is 17.1 Å². The number of aryl methyl sites for hydroxylation is 2. The fourth-order valence-electron chi connectivity index (χ4n) is 5.00. The molecule has 2 N–H and O–H groups in total. The van der Waals surface area contributed by atoms with Crippen LogP contribution >= 0.6 is 0 Å². The first-order valence-corrected chi connectivity index (χ1v) is 14.2. The van der Waals surface area contributed by atoms with Crippen molar-refractivity contribution in [2.75, 3.05) is 26.2 Å². The molecule has 0 spiro atoms. The van der Waals surface area contributed by atoms with E-state index in [1.807, 2.05) is 62.7 Å². The molecule has 1 aliphatic rings. The first-order valence-electron chi connectivity index (χ1n) is 14.2. The molecule has 3 aromatic rings. The van der Waals surface area contributed by atoms with E-state index in [0.29, 0.717) is 57.0 Å². The molecule has 0 saturated carbocycles. The molecular weight excluding hydrogens is 524 g/mol. The van der Waals surface area contributed by atoms with E-state index in [4.69, 9.17) is 9.26 Å². The number of nitrogens with one attached hydrogen (secondary N) is 2. The zero-order valence-electron chi connectivity index (χ0n) is 24.3. The Kier molecular flexibility index (Phi) is 10.2. The Morgan fingerprint density at radius 3 is 2.78 bits per heavy atom. The van der Waals surface area contributed by atoms with E-state index in [2.05, 4.69) is 20.8 Å². The fourth-order valence-corrected chi connectivity index (χ4v) is 5.00. The number of imidazole rings is 1. The van der Waals surface area contributed by atoms with Crippen molar-refractivity contribution in [3.05, 3.63) is 53.7 Å². The fraction of sp³-hybridized carbons (Fsp3) is 0.500. The second-order valence-electron chi connectivity index (χ2n) is 10.8. The number of rotatable bonds is 5. The van der Waals surface area contributed by atoms with Crippen LogP contribution in [0.25, 0.3) is 11.4 Å². The first kappa shape index (κ1) is 29.8. The minimum absolute atomic E-state index is 0.143.